The molecule has 1 fully saturated rings. The first-order valence-electron chi connectivity index (χ1n) is 7.75. The van der Waals surface area contributed by atoms with E-state index in [0.717, 1.165) is 12.0 Å². The summed E-state index contributed by atoms with van der Waals surface area (Å²) >= 11 is 0. The molecule has 1 saturated carbocycles. The van der Waals surface area contributed by atoms with Crippen molar-refractivity contribution in [2.45, 2.75) is 65.3 Å². The molecule has 17 heavy (non-hydrogen) atoms. The van der Waals surface area contributed by atoms with Crippen molar-refractivity contribution < 1.29 is 0 Å². The summed E-state index contributed by atoms with van der Waals surface area (Å²) in [4.78, 5) is 2.50. The molecule has 0 spiro atoms. The molecule has 0 bridgehead atoms. The Morgan fingerprint density at radius 3 is 2.41 bits per heavy atom. The monoisotopic (exact) mass is 240 g/mol. The van der Waals surface area contributed by atoms with Crippen molar-refractivity contribution in [1.82, 2.24) is 10.2 Å². The quantitative estimate of drug-likeness (QED) is 0.687. The average Bonchev–Trinajstić information content (AvgIpc) is 2.60. The smallest absolute Gasteiger partial charge is 0.0107 e. The predicted molar refractivity (Wildman–Crippen MR) is 76.4 cm³/mol. The maximum absolute atomic E-state index is 3.76. The Morgan fingerprint density at radius 1 is 1.00 bits per heavy atom. The molecule has 0 aliphatic heterocycles. The molecule has 1 N–H and O–H groups in total. The van der Waals surface area contributed by atoms with Crippen LogP contribution in [0.5, 0.6) is 0 Å². The fraction of sp³-hybridized carbons (Fsp3) is 1.00. The van der Waals surface area contributed by atoms with Gasteiger partial charge in [0.25, 0.3) is 0 Å². The molecule has 0 aromatic heterocycles. The Labute approximate surface area is 108 Å². The van der Waals surface area contributed by atoms with Crippen molar-refractivity contribution in [3.8, 4) is 0 Å². The van der Waals surface area contributed by atoms with E-state index in [2.05, 4.69) is 31.0 Å². The SMILES string of the molecule is CCC1CCCC(NCCN(CC)CC)CC1. The number of rotatable bonds is 7. The van der Waals surface area contributed by atoms with Crippen LogP contribution in [0.15, 0.2) is 0 Å². The summed E-state index contributed by atoms with van der Waals surface area (Å²) < 4.78 is 0. The van der Waals surface area contributed by atoms with Crippen LogP contribution in [0.4, 0.5) is 0 Å². The molecule has 0 aromatic carbocycles. The highest BCUT2D eigenvalue weighted by Gasteiger charge is 2.17. The lowest BCUT2D eigenvalue weighted by Gasteiger charge is -2.21. The first-order valence-corrected chi connectivity index (χ1v) is 7.75. The van der Waals surface area contributed by atoms with Crippen molar-refractivity contribution in [1.29, 1.82) is 0 Å². The van der Waals surface area contributed by atoms with Crippen molar-refractivity contribution in [2.75, 3.05) is 26.2 Å². The highest BCUT2D eigenvalue weighted by molar-refractivity contribution is 4.74. The van der Waals surface area contributed by atoms with Crippen LogP contribution in [-0.2, 0) is 0 Å². The Kier molecular flexibility index (Phi) is 7.87. The first-order chi connectivity index (χ1) is 8.30. The summed E-state index contributed by atoms with van der Waals surface area (Å²) in [5.41, 5.74) is 0. The van der Waals surface area contributed by atoms with Crippen molar-refractivity contribution >= 4 is 0 Å². The van der Waals surface area contributed by atoms with E-state index in [0.29, 0.717) is 0 Å². The zero-order valence-corrected chi connectivity index (χ0v) is 12.2. The van der Waals surface area contributed by atoms with E-state index < -0.39 is 0 Å². The Hall–Kier alpha value is -0.0800. The summed E-state index contributed by atoms with van der Waals surface area (Å²) in [5, 5.41) is 3.76. The molecule has 1 aliphatic carbocycles. The van der Waals surface area contributed by atoms with Crippen LogP contribution in [0.2, 0.25) is 0 Å². The maximum atomic E-state index is 3.76. The number of hydrogen-bond acceptors (Lipinski definition) is 2. The van der Waals surface area contributed by atoms with Gasteiger partial charge >= 0.3 is 0 Å². The van der Waals surface area contributed by atoms with Crippen LogP contribution in [0.1, 0.15) is 59.3 Å². The second-order valence-corrected chi connectivity index (χ2v) is 5.46. The van der Waals surface area contributed by atoms with Gasteiger partial charge in [-0.25, -0.2) is 0 Å². The van der Waals surface area contributed by atoms with Gasteiger partial charge in [-0.15, -0.1) is 0 Å². The molecule has 1 aliphatic rings. The normalized spacial score (nSPS) is 26.1. The van der Waals surface area contributed by atoms with Crippen molar-refractivity contribution in [2.24, 2.45) is 5.92 Å². The average molecular weight is 240 g/mol. The van der Waals surface area contributed by atoms with Gasteiger partial charge < -0.3 is 10.2 Å². The van der Waals surface area contributed by atoms with Crippen LogP contribution in [0, 0.1) is 5.92 Å². The van der Waals surface area contributed by atoms with E-state index in [9.17, 15) is 0 Å². The molecule has 0 aromatic rings. The lowest BCUT2D eigenvalue weighted by Crippen LogP contribution is -2.37. The van der Waals surface area contributed by atoms with Crippen LogP contribution in [0.3, 0.4) is 0 Å². The molecular formula is C15H32N2. The Bertz CT molecular complexity index is 178. The minimum Gasteiger partial charge on any atom is -0.313 e. The molecule has 102 valence electrons. The van der Waals surface area contributed by atoms with Gasteiger partial charge in [-0.05, 0) is 38.3 Å². The van der Waals surface area contributed by atoms with Crippen LogP contribution >= 0.6 is 0 Å². The van der Waals surface area contributed by atoms with Gasteiger partial charge in [-0.2, -0.15) is 0 Å². The predicted octanol–water partition coefficient (Wildman–Crippen LogP) is 3.28. The topological polar surface area (TPSA) is 15.3 Å². The van der Waals surface area contributed by atoms with Gasteiger partial charge in [0.2, 0.25) is 0 Å². The molecule has 2 atom stereocenters. The third kappa shape index (κ3) is 5.87. The molecule has 0 heterocycles. The summed E-state index contributed by atoms with van der Waals surface area (Å²) in [5.74, 6) is 1.00. The summed E-state index contributed by atoms with van der Waals surface area (Å²) in [6.45, 7) is 11.6. The van der Waals surface area contributed by atoms with E-state index in [1.165, 1.54) is 64.7 Å². The minimum absolute atomic E-state index is 0.794. The minimum atomic E-state index is 0.794. The highest BCUT2D eigenvalue weighted by Crippen LogP contribution is 2.25. The Balaban J connectivity index is 2.14. The number of hydrogen-bond donors (Lipinski definition) is 1. The van der Waals surface area contributed by atoms with E-state index in [1.54, 1.807) is 0 Å². The Morgan fingerprint density at radius 2 is 1.76 bits per heavy atom. The summed E-state index contributed by atoms with van der Waals surface area (Å²) in [6, 6.07) is 0.794. The number of nitrogens with zero attached hydrogens (tertiary/aromatic N) is 1. The van der Waals surface area contributed by atoms with Crippen LogP contribution in [0.25, 0.3) is 0 Å². The lowest BCUT2D eigenvalue weighted by atomic mass is 9.98. The third-order valence-electron chi connectivity index (χ3n) is 4.42. The largest absolute Gasteiger partial charge is 0.313 e. The van der Waals surface area contributed by atoms with Gasteiger partial charge in [0.1, 0.15) is 0 Å². The van der Waals surface area contributed by atoms with E-state index >= 15 is 0 Å². The molecule has 2 nitrogen and oxygen atoms in total. The first kappa shape index (κ1) is 15.0. The van der Waals surface area contributed by atoms with Gasteiger partial charge in [0, 0.05) is 19.1 Å². The summed E-state index contributed by atoms with van der Waals surface area (Å²) in [7, 11) is 0. The second-order valence-electron chi connectivity index (χ2n) is 5.46. The standard InChI is InChI=1S/C15H32N2/c1-4-14-8-7-9-15(11-10-14)16-12-13-17(5-2)6-3/h14-16H,4-13H2,1-3H3. The maximum Gasteiger partial charge on any atom is 0.0107 e. The summed E-state index contributed by atoms with van der Waals surface area (Å²) in [6.07, 6.45) is 8.52. The molecular weight excluding hydrogens is 208 g/mol. The second kappa shape index (κ2) is 8.93. The third-order valence-corrected chi connectivity index (χ3v) is 4.42. The number of nitrogens with one attached hydrogen (secondary N) is 1. The molecule has 0 amide bonds. The van der Waals surface area contributed by atoms with Crippen molar-refractivity contribution in [3.05, 3.63) is 0 Å². The van der Waals surface area contributed by atoms with E-state index in [1.807, 2.05) is 0 Å². The number of likely N-dealkylation sites (N-methyl/N-ethyl adjacent to an activating group) is 1. The lowest BCUT2D eigenvalue weighted by molar-refractivity contribution is 0.292. The zero-order valence-electron chi connectivity index (χ0n) is 12.2. The molecule has 2 unspecified atom stereocenters. The fourth-order valence-corrected chi connectivity index (χ4v) is 2.96. The van der Waals surface area contributed by atoms with E-state index in [4.69, 9.17) is 0 Å². The molecule has 0 radical (unpaired) electrons. The van der Waals surface area contributed by atoms with Crippen LogP contribution in [-0.4, -0.2) is 37.1 Å². The molecule has 1 rings (SSSR count). The molecule has 2 heteroatoms. The highest BCUT2D eigenvalue weighted by atomic mass is 15.1. The van der Waals surface area contributed by atoms with Gasteiger partial charge in [0.05, 0.1) is 0 Å². The van der Waals surface area contributed by atoms with Gasteiger partial charge in [-0.3, -0.25) is 0 Å². The van der Waals surface area contributed by atoms with Gasteiger partial charge in [-0.1, -0.05) is 40.0 Å². The van der Waals surface area contributed by atoms with E-state index in [-0.39, 0.29) is 0 Å². The fourth-order valence-electron chi connectivity index (χ4n) is 2.96. The van der Waals surface area contributed by atoms with Crippen LogP contribution < -0.4 is 5.32 Å². The zero-order chi connectivity index (χ0) is 12.5. The van der Waals surface area contributed by atoms with Crippen molar-refractivity contribution in [3.63, 3.8) is 0 Å². The molecule has 0 saturated heterocycles. The van der Waals surface area contributed by atoms with Gasteiger partial charge in [0.15, 0.2) is 0 Å².